The fourth-order valence-corrected chi connectivity index (χ4v) is 3.48. The van der Waals surface area contributed by atoms with Gasteiger partial charge in [-0.1, -0.05) is 22.5 Å². The highest BCUT2D eigenvalue weighted by atomic mass is 35.5. The maximum Gasteiger partial charge on any atom is 0.138 e. The summed E-state index contributed by atoms with van der Waals surface area (Å²) in [6.07, 6.45) is 4.10. The normalized spacial score (nSPS) is 27.0. The summed E-state index contributed by atoms with van der Waals surface area (Å²) in [5, 5.41) is 4.10. The zero-order valence-corrected chi connectivity index (χ0v) is 11.4. The van der Waals surface area contributed by atoms with Gasteiger partial charge < -0.3 is 0 Å². The summed E-state index contributed by atoms with van der Waals surface area (Å²) in [6, 6.07) is 0.753. The van der Waals surface area contributed by atoms with Crippen LogP contribution in [0.1, 0.15) is 25.0 Å². The molecular weight excluding hydrogens is 256 g/mol. The fraction of sp³-hybridized carbons (Fsp3) is 0.818. The number of fused-ring (bicyclic) bond motifs is 1. The number of hydrogen-bond donors (Lipinski definition) is 0. The highest BCUT2D eigenvalue weighted by Gasteiger charge is 2.29. The maximum atomic E-state index is 6.05. The third-order valence-corrected chi connectivity index (χ3v) is 4.79. The van der Waals surface area contributed by atoms with Crippen LogP contribution >= 0.6 is 23.1 Å². The first-order valence-electron chi connectivity index (χ1n) is 6.26. The van der Waals surface area contributed by atoms with Gasteiger partial charge in [0.25, 0.3) is 0 Å². The Bertz CT molecular complexity index is 383. The minimum atomic E-state index is 0.746. The van der Waals surface area contributed by atoms with Crippen molar-refractivity contribution < 1.29 is 0 Å². The van der Waals surface area contributed by atoms with E-state index in [1.54, 1.807) is 0 Å². The number of nitrogens with zero attached hydrogens (tertiary/aromatic N) is 4. The molecule has 0 N–H and O–H groups in total. The van der Waals surface area contributed by atoms with Crippen molar-refractivity contribution in [2.75, 3.05) is 26.2 Å². The molecule has 0 saturated carbocycles. The molecule has 17 heavy (non-hydrogen) atoms. The molecule has 0 bridgehead atoms. The first kappa shape index (κ1) is 11.8. The predicted octanol–water partition coefficient (Wildman–Crippen LogP) is 1.86. The van der Waals surface area contributed by atoms with E-state index < -0.39 is 0 Å². The monoisotopic (exact) mass is 272 g/mol. The molecule has 0 amide bonds. The van der Waals surface area contributed by atoms with Gasteiger partial charge in [-0.3, -0.25) is 9.80 Å². The number of piperidine rings is 1. The van der Waals surface area contributed by atoms with E-state index >= 15 is 0 Å². The van der Waals surface area contributed by atoms with Crippen molar-refractivity contribution >= 4 is 23.1 Å². The van der Waals surface area contributed by atoms with Crippen LogP contribution in [0.2, 0.25) is 4.34 Å². The Hall–Kier alpha value is -0.230. The Labute approximate surface area is 111 Å². The number of halogens is 1. The van der Waals surface area contributed by atoms with E-state index in [0.717, 1.165) is 35.7 Å². The van der Waals surface area contributed by atoms with Gasteiger partial charge in [0.05, 0.1) is 0 Å². The Balaban J connectivity index is 1.60. The third kappa shape index (κ3) is 2.62. The van der Waals surface area contributed by atoms with Crippen LogP contribution in [0.15, 0.2) is 0 Å². The highest BCUT2D eigenvalue weighted by Crippen LogP contribution is 2.24. The van der Waals surface area contributed by atoms with Crippen LogP contribution in [-0.4, -0.2) is 51.6 Å². The number of aromatic nitrogens is 2. The number of rotatable bonds is 2. The lowest BCUT2D eigenvalue weighted by atomic mass is 9.99. The van der Waals surface area contributed by atoms with Gasteiger partial charge >= 0.3 is 0 Å². The summed E-state index contributed by atoms with van der Waals surface area (Å²) in [6.45, 7) is 5.63. The molecule has 1 unspecified atom stereocenters. The van der Waals surface area contributed by atoms with Crippen LogP contribution < -0.4 is 0 Å². The SMILES string of the molecule is Clc1snnc1CN1CCN2CCCCC2C1. The van der Waals surface area contributed by atoms with E-state index in [0.29, 0.717) is 0 Å². The molecule has 6 heteroatoms. The van der Waals surface area contributed by atoms with Crippen LogP contribution in [0, 0.1) is 0 Å². The number of piperazine rings is 1. The van der Waals surface area contributed by atoms with E-state index in [9.17, 15) is 0 Å². The van der Waals surface area contributed by atoms with Crippen LogP contribution in [-0.2, 0) is 6.54 Å². The summed E-state index contributed by atoms with van der Waals surface area (Å²) in [7, 11) is 0. The average Bonchev–Trinajstić information content (AvgIpc) is 2.75. The van der Waals surface area contributed by atoms with Gasteiger partial charge in [-0.2, -0.15) is 0 Å². The Kier molecular flexibility index (Phi) is 3.61. The minimum Gasteiger partial charge on any atom is -0.298 e. The molecule has 3 rings (SSSR count). The van der Waals surface area contributed by atoms with E-state index in [-0.39, 0.29) is 0 Å². The van der Waals surface area contributed by atoms with Crippen LogP contribution in [0.3, 0.4) is 0 Å². The smallest absolute Gasteiger partial charge is 0.138 e. The maximum absolute atomic E-state index is 6.05. The van der Waals surface area contributed by atoms with Gasteiger partial charge in [0.15, 0.2) is 0 Å². The molecule has 4 nitrogen and oxygen atoms in total. The summed E-state index contributed by atoms with van der Waals surface area (Å²) >= 11 is 7.34. The molecule has 94 valence electrons. The zero-order chi connectivity index (χ0) is 11.7. The Morgan fingerprint density at radius 3 is 3.06 bits per heavy atom. The molecule has 2 aliphatic rings. The predicted molar refractivity (Wildman–Crippen MR) is 69.4 cm³/mol. The highest BCUT2D eigenvalue weighted by molar-refractivity contribution is 7.10. The fourth-order valence-electron chi connectivity index (χ4n) is 2.87. The zero-order valence-electron chi connectivity index (χ0n) is 9.81. The molecule has 1 aromatic heterocycles. The van der Waals surface area contributed by atoms with Crippen molar-refractivity contribution in [1.29, 1.82) is 0 Å². The van der Waals surface area contributed by atoms with Gasteiger partial charge in [-0.25, -0.2) is 0 Å². The molecule has 1 atom stereocenters. The van der Waals surface area contributed by atoms with Gasteiger partial charge in [0.1, 0.15) is 10.0 Å². The van der Waals surface area contributed by atoms with E-state index in [1.165, 1.54) is 43.9 Å². The van der Waals surface area contributed by atoms with Gasteiger partial charge in [-0.05, 0) is 19.4 Å². The Morgan fingerprint density at radius 2 is 2.24 bits per heavy atom. The minimum absolute atomic E-state index is 0.746. The van der Waals surface area contributed by atoms with Gasteiger partial charge in [0, 0.05) is 43.8 Å². The second-order valence-corrected chi connectivity index (χ2v) is 6.27. The largest absolute Gasteiger partial charge is 0.298 e. The standard InChI is InChI=1S/C11H17ClN4S/c12-11-10(13-14-17-11)8-15-5-6-16-4-2-1-3-9(16)7-15/h9H,1-8H2. The van der Waals surface area contributed by atoms with Crippen LogP contribution in [0.5, 0.6) is 0 Å². The Morgan fingerprint density at radius 1 is 1.29 bits per heavy atom. The first-order chi connectivity index (χ1) is 8.33. The van der Waals surface area contributed by atoms with Crippen molar-refractivity contribution in [2.45, 2.75) is 31.8 Å². The summed E-state index contributed by atoms with van der Waals surface area (Å²) in [5.41, 5.74) is 0.945. The van der Waals surface area contributed by atoms with E-state index in [2.05, 4.69) is 19.4 Å². The molecule has 0 aromatic carbocycles. The molecule has 1 aromatic rings. The topological polar surface area (TPSA) is 32.3 Å². The molecule has 2 fully saturated rings. The van der Waals surface area contributed by atoms with E-state index in [1.807, 2.05) is 0 Å². The summed E-state index contributed by atoms with van der Waals surface area (Å²) in [4.78, 5) is 5.11. The van der Waals surface area contributed by atoms with E-state index in [4.69, 9.17) is 11.6 Å². The summed E-state index contributed by atoms with van der Waals surface area (Å²) in [5.74, 6) is 0. The summed E-state index contributed by atoms with van der Waals surface area (Å²) < 4.78 is 4.64. The second kappa shape index (κ2) is 5.18. The molecule has 2 aliphatic heterocycles. The molecule has 0 aliphatic carbocycles. The lowest BCUT2D eigenvalue weighted by molar-refractivity contribution is 0.0451. The first-order valence-corrected chi connectivity index (χ1v) is 7.41. The number of hydrogen-bond acceptors (Lipinski definition) is 5. The molecule has 0 radical (unpaired) electrons. The molecule has 3 heterocycles. The van der Waals surface area contributed by atoms with Crippen molar-refractivity contribution in [1.82, 2.24) is 19.4 Å². The van der Waals surface area contributed by atoms with Crippen molar-refractivity contribution in [2.24, 2.45) is 0 Å². The molecular formula is C11H17ClN4S. The van der Waals surface area contributed by atoms with Crippen molar-refractivity contribution in [3.05, 3.63) is 10.0 Å². The second-order valence-electron chi connectivity index (χ2n) is 4.91. The lowest BCUT2D eigenvalue weighted by Crippen LogP contribution is -2.54. The van der Waals surface area contributed by atoms with Crippen LogP contribution in [0.25, 0.3) is 0 Å². The lowest BCUT2D eigenvalue weighted by Gasteiger charge is -2.43. The van der Waals surface area contributed by atoms with Gasteiger partial charge in [-0.15, -0.1) is 5.10 Å². The third-order valence-electron chi connectivity index (χ3n) is 3.80. The van der Waals surface area contributed by atoms with Crippen LogP contribution in [0.4, 0.5) is 0 Å². The quantitative estimate of drug-likeness (QED) is 0.823. The van der Waals surface area contributed by atoms with Crippen molar-refractivity contribution in [3.63, 3.8) is 0 Å². The molecule has 0 spiro atoms. The average molecular weight is 273 g/mol. The van der Waals surface area contributed by atoms with Gasteiger partial charge in [0.2, 0.25) is 0 Å². The molecule has 2 saturated heterocycles. The van der Waals surface area contributed by atoms with Crippen molar-refractivity contribution in [3.8, 4) is 0 Å².